The van der Waals surface area contributed by atoms with E-state index in [1.807, 2.05) is 12.1 Å². The van der Waals surface area contributed by atoms with Crippen molar-refractivity contribution in [2.24, 2.45) is 4.99 Å². The molecule has 10 nitrogen and oxygen atoms in total. The minimum Gasteiger partial charge on any atom is -0.369 e. The summed E-state index contributed by atoms with van der Waals surface area (Å²) < 4.78 is 0. The third kappa shape index (κ3) is 5.79. The van der Waals surface area contributed by atoms with E-state index in [-0.39, 0.29) is 17.6 Å². The number of hydrogen-bond donors (Lipinski definition) is 2. The van der Waals surface area contributed by atoms with Crippen LogP contribution in [0.2, 0.25) is 0 Å². The normalized spacial score (nSPS) is 16.7. The molecule has 2 amide bonds. The zero-order valence-electron chi connectivity index (χ0n) is 23.0. The standard InChI is InChI=1S/C32H29N7O3/c1-38-11-13-39(14-12-38)26-8-6-24(7-9-26)35-19-28-27-10-5-22(16-29(27)37-32(28)42)30(40)21-3-2-4-25(15-21)36-31(41)23-17-33-20-34-18-23/h2-10,15-20,28H,11-14H2,1H3,(H,36,41)(H,37,42). The van der Waals surface area contributed by atoms with E-state index in [9.17, 15) is 14.4 Å². The first kappa shape index (κ1) is 27.0. The Morgan fingerprint density at radius 3 is 2.43 bits per heavy atom. The van der Waals surface area contributed by atoms with E-state index in [4.69, 9.17) is 0 Å². The van der Waals surface area contributed by atoms with Gasteiger partial charge in [-0.1, -0.05) is 24.3 Å². The first-order valence-corrected chi connectivity index (χ1v) is 13.7. The number of nitrogens with one attached hydrogen (secondary N) is 2. The highest BCUT2D eigenvalue weighted by Crippen LogP contribution is 2.33. The van der Waals surface area contributed by atoms with Crippen molar-refractivity contribution in [1.82, 2.24) is 14.9 Å². The van der Waals surface area contributed by atoms with E-state index < -0.39 is 5.92 Å². The topological polar surface area (TPSA) is 120 Å². The monoisotopic (exact) mass is 559 g/mol. The predicted molar refractivity (Wildman–Crippen MR) is 162 cm³/mol. The molecule has 1 unspecified atom stereocenters. The van der Waals surface area contributed by atoms with Crippen LogP contribution in [0.5, 0.6) is 0 Å². The van der Waals surface area contributed by atoms with E-state index in [1.54, 1.807) is 48.7 Å². The minimum atomic E-state index is -0.554. The average Bonchev–Trinajstić information content (AvgIpc) is 3.34. The highest BCUT2D eigenvalue weighted by atomic mass is 16.2. The zero-order valence-corrected chi connectivity index (χ0v) is 23.0. The van der Waals surface area contributed by atoms with Crippen LogP contribution < -0.4 is 15.5 Å². The van der Waals surface area contributed by atoms with Gasteiger partial charge in [-0.25, -0.2) is 9.97 Å². The van der Waals surface area contributed by atoms with Gasteiger partial charge in [0.25, 0.3) is 5.91 Å². The van der Waals surface area contributed by atoms with Crippen molar-refractivity contribution in [3.8, 4) is 0 Å². The van der Waals surface area contributed by atoms with E-state index in [0.29, 0.717) is 28.1 Å². The lowest BCUT2D eigenvalue weighted by atomic mass is 9.97. The summed E-state index contributed by atoms with van der Waals surface area (Å²) in [6.45, 7) is 4.07. The van der Waals surface area contributed by atoms with Crippen LogP contribution in [0.3, 0.4) is 0 Å². The second-order valence-corrected chi connectivity index (χ2v) is 10.3. The van der Waals surface area contributed by atoms with Gasteiger partial charge in [-0.2, -0.15) is 0 Å². The Hall–Kier alpha value is -5.22. The zero-order chi connectivity index (χ0) is 29.1. The maximum atomic E-state index is 13.3. The van der Waals surface area contributed by atoms with Crippen molar-refractivity contribution in [2.45, 2.75) is 5.92 Å². The summed E-state index contributed by atoms with van der Waals surface area (Å²) in [6, 6.07) is 19.9. The number of aliphatic imine (C=N–C) groups is 1. The molecule has 2 N–H and O–H groups in total. The lowest BCUT2D eigenvalue weighted by molar-refractivity contribution is -0.115. The smallest absolute Gasteiger partial charge is 0.258 e. The molecule has 3 heterocycles. The SMILES string of the molecule is CN1CCN(c2ccc(N=CC3C(=O)Nc4cc(C(=O)c5cccc(NC(=O)c6cncnc6)c5)ccc43)cc2)CC1. The number of nitrogens with zero attached hydrogens (tertiary/aromatic N) is 5. The molecule has 3 aromatic carbocycles. The van der Waals surface area contributed by atoms with Crippen LogP contribution in [-0.2, 0) is 4.79 Å². The van der Waals surface area contributed by atoms with Crippen LogP contribution in [0.1, 0.15) is 37.8 Å². The first-order chi connectivity index (χ1) is 20.4. The van der Waals surface area contributed by atoms with Gasteiger partial charge in [0.15, 0.2) is 5.78 Å². The fourth-order valence-corrected chi connectivity index (χ4v) is 5.08. The molecular formula is C32H29N7O3. The minimum absolute atomic E-state index is 0.193. The molecule has 0 spiro atoms. The molecule has 42 heavy (non-hydrogen) atoms. The van der Waals surface area contributed by atoms with Gasteiger partial charge in [-0.05, 0) is 55.1 Å². The van der Waals surface area contributed by atoms with Gasteiger partial charge in [0.05, 0.1) is 11.3 Å². The Balaban J connectivity index is 1.14. The summed E-state index contributed by atoms with van der Waals surface area (Å²) in [5, 5.41) is 5.64. The summed E-state index contributed by atoms with van der Waals surface area (Å²) in [7, 11) is 2.14. The number of fused-ring (bicyclic) bond motifs is 1. The number of anilines is 3. The van der Waals surface area contributed by atoms with Crippen molar-refractivity contribution in [2.75, 3.05) is 48.8 Å². The maximum Gasteiger partial charge on any atom is 0.258 e. The molecule has 2 aliphatic heterocycles. The number of amides is 2. The Morgan fingerprint density at radius 2 is 1.67 bits per heavy atom. The number of ketones is 1. The van der Waals surface area contributed by atoms with Crippen LogP contribution in [0.4, 0.5) is 22.7 Å². The van der Waals surface area contributed by atoms with Crippen molar-refractivity contribution in [3.63, 3.8) is 0 Å². The van der Waals surface area contributed by atoms with Crippen LogP contribution >= 0.6 is 0 Å². The van der Waals surface area contributed by atoms with Crippen molar-refractivity contribution >= 4 is 46.6 Å². The van der Waals surface area contributed by atoms with Crippen molar-refractivity contribution in [3.05, 3.63) is 108 Å². The molecule has 0 aliphatic carbocycles. The quantitative estimate of drug-likeness (QED) is 0.258. The van der Waals surface area contributed by atoms with Gasteiger partial charge in [0, 0.05) is 73.0 Å². The molecule has 1 fully saturated rings. The summed E-state index contributed by atoms with van der Waals surface area (Å²) in [4.78, 5) is 55.5. The Morgan fingerprint density at radius 1 is 0.929 bits per heavy atom. The molecule has 210 valence electrons. The van der Waals surface area contributed by atoms with Crippen LogP contribution in [0.25, 0.3) is 0 Å². The number of aromatic nitrogens is 2. The molecule has 1 atom stereocenters. The molecular weight excluding hydrogens is 530 g/mol. The van der Waals surface area contributed by atoms with Gasteiger partial charge in [0.2, 0.25) is 5.91 Å². The van der Waals surface area contributed by atoms with Crippen molar-refractivity contribution in [1.29, 1.82) is 0 Å². The number of carbonyl (C=O) groups excluding carboxylic acids is 3. The number of carbonyl (C=O) groups is 3. The van der Waals surface area contributed by atoms with Crippen LogP contribution in [0.15, 0.2) is 90.4 Å². The highest BCUT2D eigenvalue weighted by Gasteiger charge is 2.30. The summed E-state index contributed by atoms with van der Waals surface area (Å²) in [6.07, 6.45) is 5.83. The third-order valence-electron chi connectivity index (χ3n) is 7.49. The number of piperazine rings is 1. The summed E-state index contributed by atoms with van der Waals surface area (Å²) in [5.74, 6) is -1.35. The van der Waals surface area contributed by atoms with Gasteiger partial charge in [-0.15, -0.1) is 0 Å². The van der Waals surface area contributed by atoms with E-state index >= 15 is 0 Å². The molecule has 0 saturated carbocycles. The molecule has 0 bridgehead atoms. The van der Waals surface area contributed by atoms with E-state index in [2.05, 4.69) is 54.6 Å². The van der Waals surface area contributed by atoms with Gasteiger partial charge in [-0.3, -0.25) is 19.4 Å². The van der Waals surface area contributed by atoms with Crippen LogP contribution in [0, 0.1) is 0 Å². The van der Waals surface area contributed by atoms with E-state index in [0.717, 1.165) is 37.4 Å². The molecule has 4 aromatic rings. The number of rotatable bonds is 7. The van der Waals surface area contributed by atoms with Gasteiger partial charge < -0.3 is 20.4 Å². The Labute approximate surface area is 243 Å². The molecule has 6 rings (SSSR count). The van der Waals surface area contributed by atoms with Crippen molar-refractivity contribution < 1.29 is 14.4 Å². The summed E-state index contributed by atoms with van der Waals surface area (Å²) >= 11 is 0. The second-order valence-electron chi connectivity index (χ2n) is 10.3. The fourth-order valence-electron chi connectivity index (χ4n) is 5.08. The Kier molecular flexibility index (Phi) is 7.52. The Bertz CT molecular complexity index is 1660. The number of benzene rings is 3. The predicted octanol–water partition coefficient (Wildman–Crippen LogP) is 4.15. The molecule has 0 radical (unpaired) electrons. The molecule has 2 aliphatic rings. The largest absolute Gasteiger partial charge is 0.369 e. The fraction of sp³-hybridized carbons (Fsp3) is 0.188. The van der Waals surface area contributed by atoms with Gasteiger partial charge >= 0.3 is 0 Å². The third-order valence-corrected chi connectivity index (χ3v) is 7.49. The van der Waals surface area contributed by atoms with Gasteiger partial charge in [0.1, 0.15) is 12.2 Å². The number of hydrogen-bond acceptors (Lipinski definition) is 8. The molecule has 1 saturated heterocycles. The lowest BCUT2D eigenvalue weighted by Crippen LogP contribution is -2.44. The van der Waals surface area contributed by atoms with Crippen LogP contribution in [-0.4, -0.2) is 71.9 Å². The lowest BCUT2D eigenvalue weighted by Gasteiger charge is -2.34. The average molecular weight is 560 g/mol. The highest BCUT2D eigenvalue weighted by molar-refractivity contribution is 6.15. The number of likely N-dealkylation sites (N-methyl/N-ethyl adjacent to an activating group) is 1. The van der Waals surface area contributed by atoms with E-state index in [1.165, 1.54) is 24.4 Å². The molecule has 1 aromatic heterocycles. The first-order valence-electron chi connectivity index (χ1n) is 13.7. The second kappa shape index (κ2) is 11.7. The molecule has 10 heteroatoms. The maximum absolute atomic E-state index is 13.3. The summed E-state index contributed by atoms with van der Waals surface area (Å²) in [5.41, 5.74) is 4.89.